The zero-order valence-corrected chi connectivity index (χ0v) is 11.2. The maximum Gasteiger partial charge on any atom is 0.0450 e. The van der Waals surface area contributed by atoms with Crippen LogP contribution in [0.1, 0.15) is 35.7 Å². The van der Waals surface area contributed by atoms with Crippen LogP contribution < -0.4 is 5.32 Å². The van der Waals surface area contributed by atoms with Gasteiger partial charge in [-0.15, -0.1) is 0 Å². The highest BCUT2D eigenvalue weighted by Crippen LogP contribution is 2.22. The van der Waals surface area contributed by atoms with Crippen LogP contribution in [0.3, 0.4) is 0 Å². The zero-order chi connectivity index (χ0) is 12.9. The standard InChI is InChI=1S/C17H20N2/c1-2-6-14(7-3-1)12-16-9-4-10-17(19-16)15-8-5-11-18-13-15/h1-4,6-7,9-10,15,18H,5,8,11-13H2/t15-/m0/s1. The molecule has 19 heavy (non-hydrogen) atoms. The molecule has 1 aromatic heterocycles. The van der Waals surface area contributed by atoms with E-state index in [4.69, 9.17) is 4.98 Å². The summed E-state index contributed by atoms with van der Waals surface area (Å²) in [6.07, 6.45) is 3.44. The van der Waals surface area contributed by atoms with Crippen LogP contribution in [0, 0.1) is 0 Å². The van der Waals surface area contributed by atoms with Crippen LogP contribution in [0.2, 0.25) is 0 Å². The molecule has 2 heteroatoms. The van der Waals surface area contributed by atoms with Gasteiger partial charge < -0.3 is 5.32 Å². The molecule has 0 amide bonds. The maximum absolute atomic E-state index is 4.85. The van der Waals surface area contributed by atoms with E-state index in [9.17, 15) is 0 Å². The van der Waals surface area contributed by atoms with E-state index < -0.39 is 0 Å². The Bertz CT molecular complexity index is 516. The van der Waals surface area contributed by atoms with Gasteiger partial charge in [-0.1, -0.05) is 36.4 Å². The number of aromatic nitrogens is 1. The van der Waals surface area contributed by atoms with E-state index in [2.05, 4.69) is 53.8 Å². The summed E-state index contributed by atoms with van der Waals surface area (Å²) in [6, 6.07) is 17.0. The number of benzene rings is 1. The van der Waals surface area contributed by atoms with Crippen LogP contribution in [-0.4, -0.2) is 18.1 Å². The Morgan fingerprint density at radius 1 is 1.05 bits per heavy atom. The summed E-state index contributed by atoms with van der Waals surface area (Å²) < 4.78 is 0. The smallest absolute Gasteiger partial charge is 0.0450 e. The highest BCUT2D eigenvalue weighted by Gasteiger charge is 2.16. The fraction of sp³-hybridized carbons (Fsp3) is 0.353. The molecular formula is C17H20N2. The average molecular weight is 252 g/mol. The number of piperidine rings is 1. The number of hydrogen-bond acceptors (Lipinski definition) is 2. The van der Waals surface area contributed by atoms with Crippen molar-refractivity contribution in [1.82, 2.24) is 10.3 Å². The van der Waals surface area contributed by atoms with Gasteiger partial charge in [-0.2, -0.15) is 0 Å². The van der Waals surface area contributed by atoms with Gasteiger partial charge in [-0.25, -0.2) is 0 Å². The number of nitrogens with zero attached hydrogens (tertiary/aromatic N) is 1. The first-order valence-electron chi connectivity index (χ1n) is 7.12. The lowest BCUT2D eigenvalue weighted by atomic mass is 9.95. The summed E-state index contributed by atoms with van der Waals surface area (Å²) in [5, 5.41) is 3.46. The minimum Gasteiger partial charge on any atom is -0.316 e. The van der Waals surface area contributed by atoms with E-state index in [-0.39, 0.29) is 0 Å². The highest BCUT2D eigenvalue weighted by atomic mass is 14.9. The number of nitrogens with one attached hydrogen (secondary N) is 1. The molecule has 1 aliphatic rings. The Hall–Kier alpha value is -1.67. The predicted molar refractivity (Wildman–Crippen MR) is 78.3 cm³/mol. The molecule has 1 saturated heterocycles. The van der Waals surface area contributed by atoms with Crippen molar-refractivity contribution in [2.75, 3.05) is 13.1 Å². The Balaban J connectivity index is 1.76. The first-order valence-corrected chi connectivity index (χ1v) is 7.12. The van der Waals surface area contributed by atoms with Gasteiger partial charge in [-0.3, -0.25) is 4.98 Å². The fourth-order valence-electron chi connectivity index (χ4n) is 2.73. The summed E-state index contributed by atoms with van der Waals surface area (Å²) in [5.41, 5.74) is 3.75. The SMILES string of the molecule is c1ccc(Cc2cccc([C@H]3CCCNC3)n2)cc1. The van der Waals surface area contributed by atoms with Gasteiger partial charge in [0.2, 0.25) is 0 Å². The van der Waals surface area contributed by atoms with Crippen LogP contribution in [0.5, 0.6) is 0 Å². The molecular weight excluding hydrogens is 232 g/mol. The molecule has 1 atom stereocenters. The third-order valence-corrected chi connectivity index (χ3v) is 3.77. The minimum atomic E-state index is 0.587. The summed E-state index contributed by atoms with van der Waals surface area (Å²) in [5.74, 6) is 0.587. The second-order valence-electron chi connectivity index (χ2n) is 5.26. The monoisotopic (exact) mass is 252 g/mol. The van der Waals surface area contributed by atoms with E-state index >= 15 is 0 Å². The first kappa shape index (κ1) is 12.4. The first-order chi connectivity index (χ1) is 9.42. The molecule has 2 aromatic rings. The lowest BCUT2D eigenvalue weighted by Crippen LogP contribution is -2.28. The number of rotatable bonds is 3. The zero-order valence-electron chi connectivity index (χ0n) is 11.2. The van der Waals surface area contributed by atoms with Crippen LogP contribution in [0.4, 0.5) is 0 Å². The molecule has 0 radical (unpaired) electrons. The Kier molecular flexibility index (Phi) is 3.89. The summed E-state index contributed by atoms with van der Waals surface area (Å²) >= 11 is 0. The molecule has 1 N–H and O–H groups in total. The van der Waals surface area contributed by atoms with Gasteiger partial charge in [0.05, 0.1) is 0 Å². The molecule has 0 unspecified atom stereocenters. The van der Waals surface area contributed by atoms with Gasteiger partial charge in [0.15, 0.2) is 0 Å². The van der Waals surface area contributed by atoms with Crippen molar-refractivity contribution in [3.63, 3.8) is 0 Å². The van der Waals surface area contributed by atoms with Gasteiger partial charge >= 0.3 is 0 Å². The van der Waals surface area contributed by atoms with Crippen LogP contribution in [0.15, 0.2) is 48.5 Å². The number of hydrogen-bond donors (Lipinski definition) is 1. The molecule has 2 heterocycles. The number of pyridine rings is 1. The lowest BCUT2D eigenvalue weighted by molar-refractivity contribution is 0.454. The van der Waals surface area contributed by atoms with Crippen molar-refractivity contribution in [2.45, 2.75) is 25.2 Å². The normalized spacial score (nSPS) is 19.3. The van der Waals surface area contributed by atoms with Crippen molar-refractivity contribution in [1.29, 1.82) is 0 Å². The molecule has 2 nitrogen and oxygen atoms in total. The summed E-state index contributed by atoms with van der Waals surface area (Å²) in [4.78, 5) is 4.85. The van der Waals surface area contributed by atoms with Gasteiger partial charge in [-0.05, 0) is 37.1 Å². The average Bonchev–Trinajstić information content (AvgIpc) is 2.49. The third-order valence-electron chi connectivity index (χ3n) is 3.77. The molecule has 1 fully saturated rings. The van der Waals surface area contributed by atoms with E-state index in [1.54, 1.807) is 0 Å². The van der Waals surface area contributed by atoms with E-state index in [0.717, 1.165) is 19.5 Å². The molecule has 0 bridgehead atoms. The minimum absolute atomic E-state index is 0.587. The second-order valence-corrected chi connectivity index (χ2v) is 5.26. The van der Waals surface area contributed by atoms with Crippen molar-refractivity contribution in [2.24, 2.45) is 0 Å². The maximum atomic E-state index is 4.85. The van der Waals surface area contributed by atoms with Crippen molar-refractivity contribution in [3.05, 3.63) is 65.5 Å². The Labute approximate surface area is 114 Å². The molecule has 0 saturated carbocycles. The van der Waals surface area contributed by atoms with E-state index in [1.165, 1.54) is 29.8 Å². The quantitative estimate of drug-likeness (QED) is 0.907. The van der Waals surface area contributed by atoms with Crippen molar-refractivity contribution >= 4 is 0 Å². The van der Waals surface area contributed by atoms with Gasteiger partial charge in [0, 0.05) is 30.3 Å². The fourth-order valence-corrected chi connectivity index (χ4v) is 2.73. The third kappa shape index (κ3) is 3.21. The van der Waals surface area contributed by atoms with Gasteiger partial charge in [0.1, 0.15) is 0 Å². The van der Waals surface area contributed by atoms with Crippen LogP contribution >= 0.6 is 0 Å². The summed E-state index contributed by atoms with van der Waals surface area (Å²) in [7, 11) is 0. The van der Waals surface area contributed by atoms with Crippen molar-refractivity contribution in [3.8, 4) is 0 Å². The van der Waals surface area contributed by atoms with Crippen LogP contribution in [-0.2, 0) is 6.42 Å². The van der Waals surface area contributed by atoms with E-state index in [1.807, 2.05) is 0 Å². The van der Waals surface area contributed by atoms with Crippen LogP contribution in [0.25, 0.3) is 0 Å². The predicted octanol–water partition coefficient (Wildman–Crippen LogP) is 3.14. The highest BCUT2D eigenvalue weighted by molar-refractivity contribution is 5.23. The summed E-state index contributed by atoms with van der Waals surface area (Å²) in [6.45, 7) is 2.22. The van der Waals surface area contributed by atoms with E-state index in [0.29, 0.717) is 5.92 Å². The molecule has 3 rings (SSSR count). The lowest BCUT2D eigenvalue weighted by Gasteiger charge is -2.22. The Morgan fingerprint density at radius 3 is 2.74 bits per heavy atom. The van der Waals surface area contributed by atoms with Gasteiger partial charge in [0.25, 0.3) is 0 Å². The topological polar surface area (TPSA) is 24.9 Å². The molecule has 0 spiro atoms. The molecule has 1 aromatic carbocycles. The molecule has 1 aliphatic heterocycles. The largest absolute Gasteiger partial charge is 0.316 e. The molecule has 0 aliphatic carbocycles. The van der Waals surface area contributed by atoms with Crippen molar-refractivity contribution < 1.29 is 0 Å². The molecule has 98 valence electrons. The second kappa shape index (κ2) is 5.98. The Morgan fingerprint density at radius 2 is 1.95 bits per heavy atom.